The van der Waals surface area contributed by atoms with Gasteiger partial charge in [0.15, 0.2) is 0 Å². The van der Waals surface area contributed by atoms with E-state index in [0.29, 0.717) is 12.0 Å². The highest BCUT2D eigenvalue weighted by atomic mass is 16.4. The lowest BCUT2D eigenvalue weighted by Gasteiger charge is -2.22. The zero-order chi connectivity index (χ0) is 12.8. The summed E-state index contributed by atoms with van der Waals surface area (Å²) >= 11 is 0. The van der Waals surface area contributed by atoms with Gasteiger partial charge in [-0.05, 0) is 37.8 Å². The first-order valence-electron chi connectivity index (χ1n) is 6.98. The summed E-state index contributed by atoms with van der Waals surface area (Å²) in [6, 6.07) is 9.07. The van der Waals surface area contributed by atoms with Crippen molar-refractivity contribution in [2.75, 3.05) is 4.90 Å². The Hall–Kier alpha value is -1.84. The van der Waals surface area contributed by atoms with Crippen LogP contribution >= 0.6 is 0 Å². The number of aromatic nitrogens is 2. The van der Waals surface area contributed by atoms with Crippen molar-refractivity contribution in [3.63, 3.8) is 0 Å². The van der Waals surface area contributed by atoms with Crippen molar-refractivity contribution in [1.29, 1.82) is 0 Å². The van der Waals surface area contributed by atoms with Gasteiger partial charge in [0.1, 0.15) is 0 Å². The molecule has 0 amide bonds. The molecule has 4 rings (SSSR count). The summed E-state index contributed by atoms with van der Waals surface area (Å²) in [6.45, 7) is 2.97. The maximum atomic E-state index is 5.77. The fourth-order valence-corrected chi connectivity index (χ4v) is 2.84. The Labute approximate surface area is 112 Å². The van der Waals surface area contributed by atoms with Gasteiger partial charge in [0.05, 0.1) is 6.54 Å². The van der Waals surface area contributed by atoms with E-state index in [4.69, 9.17) is 4.42 Å². The monoisotopic (exact) mass is 255 g/mol. The molecule has 1 aliphatic heterocycles. The van der Waals surface area contributed by atoms with Gasteiger partial charge >= 0.3 is 0 Å². The van der Waals surface area contributed by atoms with Crippen molar-refractivity contribution in [2.24, 2.45) is 0 Å². The molecule has 19 heavy (non-hydrogen) atoms. The summed E-state index contributed by atoms with van der Waals surface area (Å²) in [5.41, 5.74) is 2.72. The first-order chi connectivity index (χ1) is 9.31. The first-order valence-corrected chi connectivity index (χ1v) is 6.98. The average Bonchev–Trinajstić information content (AvgIpc) is 3.09. The van der Waals surface area contributed by atoms with E-state index in [-0.39, 0.29) is 0 Å². The number of benzene rings is 1. The Balaban J connectivity index is 1.58. The summed E-state index contributed by atoms with van der Waals surface area (Å²) < 4.78 is 5.77. The summed E-state index contributed by atoms with van der Waals surface area (Å²) in [7, 11) is 0. The maximum Gasteiger partial charge on any atom is 0.235 e. The van der Waals surface area contributed by atoms with E-state index in [9.17, 15) is 0 Å². The lowest BCUT2D eigenvalue weighted by Crippen LogP contribution is -2.28. The van der Waals surface area contributed by atoms with Gasteiger partial charge in [-0.25, -0.2) is 0 Å². The van der Waals surface area contributed by atoms with Crippen LogP contribution < -0.4 is 4.90 Å². The fraction of sp³-hybridized carbons (Fsp3) is 0.467. The third kappa shape index (κ3) is 1.91. The predicted octanol–water partition coefficient (Wildman–Crippen LogP) is 2.90. The molecule has 2 heterocycles. The number of hydrogen-bond acceptors (Lipinski definition) is 4. The van der Waals surface area contributed by atoms with Gasteiger partial charge in [-0.15, -0.1) is 10.2 Å². The van der Waals surface area contributed by atoms with Crippen LogP contribution in [0.5, 0.6) is 0 Å². The molecule has 1 atom stereocenters. The van der Waals surface area contributed by atoms with Crippen LogP contribution in [0.3, 0.4) is 0 Å². The molecule has 0 bridgehead atoms. The molecule has 1 aromatic carbocycles. The number of anilines is 1. The molecule has 1 saturated carbocycles. The van der Waals surface area contributed by atoms with Gasteiger partial charge in [0.25, 0.3) is 0 Å². The van der Waals surface area contributed by atoms with Gasteiger partial charge in [0, 0.05) is 17.6 Å². The second-order valence-electron chi connectivity index (χ2n) is 5.62. The number of fused-ring (bicyclic) bond motifs is 1. The normalized spacial score (nSPS) is 21.7. The SMILES string of the molecule is CC1Cc2ccccc2N1Cc1nnc(C2CC2)o1. The number of hydrogen-bond donors (Lipinski definition) is 0. The van der Waals surface area contributed by atoms with E-state index in [1.54, 1.807) is 0 Å². The van der Waals surface area contributed by atoms with Crippen LogP contribution in [0.15, 0.2) is 28.7 Å². The van der Waals surface area contributed by atoms with Gasteiger partial charge in [-0.3, -0.25) is 0 Å². The molecule has 2 aliphatic rings. The molecule has 4 nitrogen and oxygen atoms in total. The van der Waals surface area contributed by atoms with Crippen LogP contribution in [0, 0.1) is 0 Å². The van der Waals surface area contributed by atoms with Crippen molar-refractivity contribution in [1.82, 2.24) is 10.2 Å². The molecule has 1 aromatic heterocycles. The van der Waals surface area contributed by atoms with Gasteiger partial charge in [-0.2, -0.15) is 0 Å². The third-order valence-electron chi connectivity index (χ3n) is 4.06. The summed E-state index contributed by atoms with van der Waals surface area (Å²) in [5.74, 6) is 2.10. The van der Waals surface area contributed by atoms with Crippen LogP contribution in [0.4, 0.5) is 5.69 Å². The second-order valence-corrected chi connectivity index (χ2v) is 5.62. The highest BCUT2D eigenvalue weighted by Crippen LogP contribution is 2.39. The molecule has 4 heteroatoms. The van der Waals surface area contributed by atoms with Crippen molar-refractivity contribution < 1.29 is 4.42 Å². The minimum atomic E-state index is 0.494. The maximum absolute atomic E-state index is 5.77. The van der Waals surface area contributed by atoms with Gasteiger partial charge < -0.3 is 9.32 Å². The fourth-order valence-electron chi connectivity index (χ4n) is 2.84. The van der Waals surface area contributed by atoms with E-state index >= 15 is 0 Å². The number of rotatable bonds is 3. The van der Waals surface area contributed by atoms with Crippen LogP contribution in [0.2, 0.25) is 0 Å². The standard InChI is InChI=1S/C15H17N3O/c1-10-8-12-4-2-3-5-13(12)18(10)9-14-16-17-15(19-14)11-6-7-11/h2-5,10-11H,6-9H2,1H3. The summed E-state index contributed by atoms with van der Waals surface area (Å²) in [5, 5.41) is 8.35. The molecule has 2 aromatic rings. The Morgan fingerprint density at radius 3 is 2.95 bits per heavy atom. The van der Waals surface area contributed by atoms with Gasteiger partial charge in [0.2, 0.25) is 11.8 Å². The molecular weight excluding hydrogens is 238 g/mol. The van der Waals surface area contributed by atoms with Crippen LogP contribution in [-0.2, 0) is 13.0 Å². The molecule has 0 radical (unpaired) electrons. The molecular formula is C15H17N3O. The van der Waals surface area contributed by atoms with E-state index < -0.39 is 0 Å². The van der Waals surface area contributed by atoms with Crippen molar-refractivity contribution >= 4 is 5.69 Å². The molecule has 1 unspecified atom stereocenters. The summed E-state index contributed by atoms with van der Waals surface area (Å²) in [4.78, 5) is 2.36. The number of nitrogens with zero attached hydrogens (tertiary/aromatic N) is 3. The number of para-hydroxylation sites is 1. The molecule has 1 aliphatic carbocycles. The lowest BCUT2D eigenvalue weighted by molar-refractivity contribution is 0.441. The topological polar surface area (TPSA) is 42.2 Å². The molecule has 1 fully saturated rings. The zero-order valence-corrected chi connectivity index (χ0v) is 11.0. The minimum Gasteiger partial charge on any atom is -0.423 e. The van der Waals surface area contributed by atoms with E-state index in [1.165, 1.54) is 24.1 Å². The van der Waals surface area contributed by atoms with Crippen LogP contribution in [0.25, 0.3) is 0 Å². The van der Waals surface area contributed by atoms with Crippen LogP contribution in [-0.4, -0.2) is 16.2 Å². The van der Waals surface area contributed by atoms with E-state index in [1.807, 2.05) is 0 Å². The largest absolute Gasteiger partial charge is 0.423 e. The Morgan fingerprint density at radius 1 is 1.26 bits per heavy atom. The Bertz CT molecular complexity index is 603. The highest BCUT2D eigenvalue weighted by molar-refractivity contribution is 5.59. The zero-order valence-electron chi connectivity index (χ0n) is 11.0. The van der Waals surface area contributed by atoms with Crippen molar-refractivity contribution in [2.45, 2.75) is 44.7 Å². The predicted molar refractivity (Wildman–Crippen MR) is 72.1 cm³/mol. The lowest BCUT2D eigenvalue weighted by atomic mass is 10.1. The minimum absolute atomic E-state index is 0.494. The average molecular weight is 255 g/mol. The smallest absolute Gasteiger partial charge is 0.235 e. The quantitative estimate of drug-likeness (QED) is 0.845. The molecule has 0 saturated heterocycles. The summed E-state index contributed by atoms with van der Waals surface area (Å²) in [6.07, 6.45) is 3.50. The second kappa shape index (κ2) is 4.08. The third-order valence-corrected chi connectivity index (χ3v) is 4.06. The van der Waals surface area contributed by atoms with Gasteiger partial charge in [-0.1, -0.05) is 18.2 Å². The Morgan fingerprint density at radius 2 is 2.11 bits per heavy atom. The van der Waals surface area contributed by atoms with E-state index in [2.05, 4.69) is 46.3 Å². The van der Waals surface area contributed by atoms with Crippen LogP contribution in [0.1, 0.15) is 43.0 Å². The Kier molecular flexibility index (Phi) is 2.37. The molecule has 0 N–H and O–H groups in total. The molecule has 98 valence electrons. The van der Waals surface area contributed by atoms with Crippen molar-refractivity contribution in [3.8, 4) is 0 Å². The van der Waals surface area contributed by atoms with E-state index in [0.717, 1.165) is 24.7 Å². The van der Waals surface area contributed by atoms with Crippen molar-refractivity contribution in [3.05, 3.63) is 41.6 Å². The highest BCUT2D eigenvalue weighted by Gasteiger charge is 2.31. The first kappa shape index (κ1) is 11.0. The molecule has 0 spiro atoms.